The first-order chi connectivity index (χ1) is 4.74. The number of hydrogen-bond donors (Lipinski definition) is 1. The lowest BCUT2D eigenvalue weighted by Crippen LogP contribution is -2.03. The molecule has 1 N–H and O–H groups in total. The Labute approximate surface area is 63.2 Å². The standard InChI is InChI=1S/C7H6ClNO/c1-2-5-3-4-6(10)9-7(5)8/h2-4H,1H2,(H,9,10). The lowest BCUT2D eigenvalue weighted by Gasteiger charge is -1.93. The molecule has 1 aromatic rings. The van der Waals surface area contributed by atoms with Crippen molar-refractivity contribution in [1.29, 1.82) is 0 Å². The van der Waals surface area contributed by atoms with Crippen LogP contribution in [0, 0.1) is 0 Å². The molecule has 1 heterocycles. The van der Waals surface area contributed by atoms with E-state index in [1.54, 1.807) is 12.1 Å². The van der Waals surface area contributed by atoms with Gasteiger partial charge >= 0.3 is 0 Å². The van der Waals surface area contributed by atoms with Crippen LogP contribution in [0.3, 0.4) is 0 Å². The summed E-state index contributed by atoms with van der Waals surface area (Å²) >= 11 is 5.60. The van der Waals surface area contributed by atoms with Crippen molar-refractivity contribution in [2.45, 2.75) is 0 Å². The Bertz CT molecular complexity index is 303. The largest absolute Gasteiger partial charge is 0.312 e. The first-order valence-electron chi connectivity index (χ1n) is 2.75. The predicted octanol–water partition coefficient (Wildman–Crippen LogP) is 1.67. The summed E-state index contributed by atoms with van der Waals surface area (Å²) in [6.07, 6.45) is 1.58. The fourth-order valence-corrected chi connectivity index (χ4v) is 0.852. The van der Waals surface area contributed by atoms with E-state index in [0.29, 0.717) is 5.15 Å². The van der Waals surface area contributed by atoms with E-state index in [1.165, 1.54) is 6.07 Å². The first-order valence-corrected chi connectivity index (χ1v) is 3.13. The van der Waals surface area contributed by atoms with Gasteiger partial charge in [0.15, 0.2) is 0 Å². The van der Waals surface area contributed by atoms with E-state index in [9.17, 15) is 4.79 Å². The smallest absolute Gasteiger partial charge is 0.249 e. The topological polar surface area (TPSA) is 32.9 Å². The highest BCUT2D eigenvalue weighted by Crippen LogP contribution is 2.09. The molecule has 0 aliphatic carbocycles. The van der Waals surface area contributed by atoms with Crippen LogP contribution in [-0.4, -0.2) is 4.98 Å². The number of aromatic nitrogens is 1. The van der Waals surface area contributed by atoms with Gasteiger partial charge in [0.1, 0.15) is 5.15 Å². The van der Waals surface area contributed by atoms with Gasteiger partial charge in [-0.25, -0.2) is 0 Å². The highest BCUT2D eigenvalue weighted by molar-refractivity contribution is 6.30. The van der Waals surface area contributed by atoms with Crippen LogP contribution in [0.5, 0.6) is 0 Å². The van der Waals surface area contributed by atoms with Gasteiger partial charge in [-0.3, -0.25) is 4.79 Å². The van der Waals surface area contributed by atoms with Gasteiger partial charge in [0.2, 0.25) is 5.56 Å². The summed E-state index contributed by atoms with van der Waals surface area (Å²) in [5.74, 6) is 0. The number of hydrogen-bond acceptors (Lipinski definition) is 1. The minimum Gasteiger partial charge on any atom is -0.312 e. The highest BCUT2D eigenvalue weighted by Gasteiger charge is 1.93. The zero-order valence-corrected chi connectivity index (χ0v) is 5.98. The molecule has 0 aliphatic heterocycles. The number of H-pyrrole nitrogens is 1. The number of rotatable bonds is 1. The van der Waals surface area contributed by atoms with Gasteiger partial charge in [-0.1, -0.05) is 24.3 Å². The van der Waals surface area contributed by atoms with Gasteiger partial charge in [-0.2, -0.15) is 0 Å². The Balaban J connectivity index is 3.32. The number of aromatic amines is 1. The minimum atomic E-state index is -0.199. The molecule has 0 unspecified atom stereocenters. The van der Waals surface area contributed by atoms with Crippen LogP contribution in [0.25, 0.3) is 6.08 Å². The van der Waals surface area contributed by atoms with Crippen LogP contribution in [0.4, 0.5) is 0 Å². The maximum absolute atomic E-state index is 10.6. The summed E-state index contributed by atoms with van der Waals surface area (Å²) in [6.45, 7) is 3.51. The second kappa shape index (κ2) is 2.71. The van der Waals surface area contributed by atoms with Crippen molar-refractivity contribution in [3.8, 4) is 0 Å². The molecule has 0 spiro atoms. The lowest BCUT2D eigenvalue weighted by atomic mass is 10.3. The van der Waals surface area contributed by atoms with Gasteiger partial charge < -0.3 is 4.98 Å². The van der Waals surface area contributed by atoms with Crippen molar-refractivity contribution in [3.05, 3.63) is 39.8 Å². The van der Waals surface area contributed by atoms with E-state index < -0.39 is 0 Å². The Kier molecular flexibility index (Phi) is 1.92. The fraction of sp³-hybridized carbons (Fsp3) is 0. The molecule has 1 rings (SSSR count). The van der Waals surface area contributed by atoms with Crippen molar-refractivity contribution >= 4 is 17.7 Å². The van der Waals surface area contributed by atoms with Gasteiger partial charge in [0.25, 0.3) is 0 Å². The highest BCUT2D eigenvalue weighted by atomic mass is 35.5. The van der Waals surface area contributed by atoms with Crippen LogP contribution >= 0.6 is 11.6 Å². The van der Waals surface area contributed by atoms with E-state index >= 15 is 0 Å². The Morgan fingerprint density at radius 2 is 2.30 bits per heavy atom. The maximum Gasteiger partial charge on any atom is 0.249 e. The summed E-state index contributed by atoms with van der Waals surface area (Å²) in [7, 11) is 0. The maximum atomic E-state index is 10.6. The van der Waals surface area contributed by atoms with Crippen LogP contribution in [0.2, 0.25) is 5.15 Å². The van der Waals surface area contributed by atoms with Gasteiger partial charge in [-0.05, 0) is 6.07 Å². The first kappa shape index (κ1) is 7.09. The molecule has 52 valence electrons. The average Bonchev–Trinajstić information content (AvgIpc) is 1.88. The third-order valence-electron chi connectivity index (χ3n) is 1.12. The molecule has 0 bridgehead atoms. The van der Waals surface area contributed by atoms with E-state index in [0.717, 1.165) is 5.56 Å². The van der Waals surface area contributed by atoms with Gasteiger partial charge in [-0.15, -0.1) is 0 Å². The second-order valence-electron chi connectivity index (χ2n) is 1.80. The summed E-state index contributed by atoms with van der Waals surface area (Å²) in [5.41, 5.74) is 0.539. The number of pyridine rings is 1. The lowest BCUT2D eigenvalue weighted by molar-refractivity contribution is 1.23. The van der Waals surface area contributed by atoms with Crippen molar-refractivity contribution in [2.75, 3.05) is 0 Å². The van der Waals surface area contributed by atoms with Crippen molar-refractivity contribution in [3.63, 3.8) is 0 Å². The van der Waals surface area contributed by atoms with E-state index in [1.807, 2.05) is 0 Å². The van der Waals surface area contributed by atoms with Crippen molar-refractivity contribution in [2.24, 2.45) is 0 Å². The number of nitrogens with one attached hydrogen (secondary N) is 1. The molecule has 0 aliphatic rings. The average molecular weight is 156 g/mol. The van der Waals surface area contributed by atoms with Crippen LogP contribution in [-0.2, 0) is 0 Å². The molecule has 1 aromatic heterocycles. The van der Waals surface area contributed by atoms with Gasteiger partial charge in [0.05, 0.1) is 0 Å². The SMILES string of the molecule is C=Cc1ccc(=O)[nH]c1Cl. The Morgan fingerprint density at radius 1 is 1.60 bits per heavy atom. The molecule has 2 nitrogen and oxygen atoms in total. The zero-order chi connectivity index (χ0) is 7.56. The third-order valence-corrected chi connectivity index (χ3v) is 1.43. The summed E-state index contributed by atoms with van der Waals surface area (Å²) in [6, 6.07) is 3.02. The minimum absolute atomic E-state index is 0.199. The molecule has 0 atom stereocenters. The Morgan fingerprint density at radius 3 is 2.80 bits per heavy atom. The molecular formula is C7H6ClNO. The van der Waals surface area contributed by atoms with E-state index in [2.05, 4.69) is 11.6 Å². The zero-order valence-electron chi connectivity index (χ0n) is 5.23. The molecule has 3 heteroatoms. The van der Waals surface area contributed by atoms with Gasteiger partial charge in [0, 0.05) is 11.6 Å². The molecule has 0 aromatic carbocycles. The Hall–Kier alpha value is -1.02. The quantitative estimate of drug-likeness (QED) is 0.615. The molecule has 0 radical (unpaired) electrons. The third kappa shape index (κ3) is 1.28. The molecule has 0 saturated carbocycles. The van der Waals surface area contributed by atoms with Crippen LogP contribution < -0.4 is 5.56 Å². The fourth-order valence-electron chi connectivity index (χ4n) is 0.618. The number of halogens is 1. The predicted molar refractivity (Wildman–Crippen MR) is 42.2 cm³/mol. The molecule has 0 saturated heterocycles. The molecule has 10 heavy (non-hydrogen) atoms. The van der Waals surface area contributed by atoms with Crippen LogP contribution in [0.1, 0.15) is 5.56 Å². The molecule has 0 amide bonds. The normalized spacial score (nSPS) is 9.30. The summed E-state index contributed by atoms with van der Waals surface area (Å²) < 4.78 is 0. The van der Waals surface area contributed by atoms with Crippen LogP contribution in [0.15, 0.2) is 23.5 Å². The van der Waals surface area contributed by atoms with Crippen molar-refractivity contribution < 1.29 is 0 Å². The second-order valence-corrected chi connectivity index (χ2v) is 2.17. The van der Waals surface area contributed by atoms with Crippen molar-refractivity contribution in [1.82, 2.24) is 4.98 Å². The molecular weight excluding hydrogens is 150 g/mol. The summed E-state index contributed by atoms with van der Waals surface area (Å²) in [5, 5.41) is 0.336. The van der Waals surface area contributed by atoms with E-state index in [-0.39, 0.29) is 5.56 Å². The van der Waals surface area contributed by atoms with E-state index in [4.69, 9.17) is 11.6 Å². The monoisotopic (exact) mass is 155 g/mol. The summed E-state index contributed by atoms with van der Waals surface area (Å²) in [4.78, 5) is 13.0. The molecule has 0 fully saturated rings.